The second-order valence-corrected chi connectivity index (χ2v) is 5.91. The van der Waals surface area contributed by atoms with E-state index < -0.39 is 0 Å². The number of halogens is 1. The molecule has 0 aliphatic carbocycles. The number of anilines is 1. The third-order valence-corrected chi connectivity index (χ3v) is 3.89. The van der Waals surface area contributed by atoms with Crippen LogP contribution in [-0.4, -0.2) is 65.6 Å². The minimum atomic E-state index is 0. The molecule has 0 amide bonds. The molecule has 2 N–H and O–H groups in total. The molecule has 0 aromatic heterocycles. The number of ether oxygens (including phenoxy) is 2. The summed E-state index contributed by atoms with van der Waals surface area (Å²) >= 11 is 0. The number of nitrogens with zero attached hydrogens (tertiary/aromatic N) is 2. The summed E-state index contributed by atoms with van der Waals surface area (Å²) in [6.07, 6.45) is 1.98. The number of benzene rings is 1. The number of nitrogens with one attached hydrogen (secondary N) is 2. The second kappa shape index (κ2) is 18.3. The van der Waals surface area contributed by atoms with Crippen molar-refractivity contribution in [2.45, 2.75) is 26.7 Å². The van der Waals surface area contributed by atoms with Gasteiger partial charge < -0.3 is 25.0 Å². The molecular weight excluding hydrogens is 455 g/mol. The van der Waals surface area contributed by atoms with Crippen LogP contribution in [0.5, 0.6) is 0 Å². The van der Waals surface area contributed by atoms with Crippen molar-refractivity contribution in [3.05, 3.63) is 30.3 Å². The van der Waals surface area contributed by atoms with Crippen LogP contribution in [0.3, 0.4) is 0 Å². The molecule has 27 heavy (non-hydrogen) atoms. The zero-order valence-electron chi connectivity index (χ0n) is 17.1. The molecule has 0 unspecified atom stereocenters. The van der Waals surface area contributed by atoms with Gasteiger partial charge >= 0.3 is 0 Å². The Kier molecular flexibility index (Phi) is 17.6. The monoisotopic (exact) mass is 492 g/mol. The van der Waals surface area contributed by atoms with E-state index in [1.807, 2.05) is 0 Å². The average Bonchev–Trinajstić information content (AvgIpc) is 2.68. The van der Waals surface area contributed by atoms with E-state index in [9.17, 15) is 0 Å². The van der Waals surface area contributed by atoms with Gasteiger partial charge in [-0.2, -0.15) is 0 Å². The van der Waals surface area contributed by atoms with E-state index in [0.717, 1.165) is 58.1 Å². The van der Waals surface area contributed by atoms with Crippen molar-refractivity contribution in [3.63, 3.8) is 0 Å². The van der Waals surface area contributed by atoms with Gasteiger partial charge in [0, 0.05) is 52.1 Å². The highest BCUT2D eigenvalue weighted by Crippen LogP contribution is 2.12. The molecule has 1 aromatic carbocycles. The summed E-state index contributed by atoms with van der Waals surface area (Å²) < 4.78 is 10.4. The Morgan fingerprint density at radius 1 is 1.04 bits per heavy atom. The molecule has 0 radical (unpaired) electrons. The predicted molar refractivity (Wildman–Crippen MR) is 126 cm³/mol. The molecule has 0 saturated heterocycles. The average molecular weight is 492 g/mol. The first-order valence-electron chi connectivity index (χ1n) is 9.70. The molecule has 0 heterocycles. The summed E-state index contributed by atoms with van der Waals surface area (Å²) in [4.78, 5) is 7.05. The van der Waals surface area contributed by atoms with Gasteiger partial charge in [0.05, 0.1) is 13.2 Å². The second-order valence-electron chi connectivity index (χ2n) is 5.91. The lowest BCUT2D eigenvalue weighted by Crippen LogP contribution is -2.38. The summed E-state index contributed by atoms with van der Waals surface area (Å²) in [6.45, 7) is 10.9. The van der Waals surface area contributed by atoms with Gasteiger partial charge in [0.2, 0.25) is 0 Å². The molecule has 0 aliphatic heterocycles. The molecule has 0 saturated carbocycles. The van der Waals surface area contributed by atoms with Gasteiger partial charge in [0.1, 0.15) is 0 Å². The van der Waals surface area contributed by atoms with E-state index in [0.29, 0.717) is 13.2 Å². The lowest BCUT2D eigenvalue weighted by atomic mass is 10.2. The molecular formula is C20H37IN4O2. The van der Waals surface area contributed by atoms with E-state index in [1.54, 1.807) is 7.11 Å². The number of methoxy groups -OCH3 is 1. The van der Waals surface area contributed by atoms with Crippen LogP contribution in [0.4, 0.5) is 5.69 Å². The van der Waals surface area contributed by atoms with Crippen molar-refractivity contribution in [2.24, 2.45) is 4.99 Å². The fourth-order valence-electron chi connectivity index (χ4n) is 2.53. The third kappa shape index (κ3) is 12.9. The molecule has 0 spiro atoms. The molecule has 1 aromatic rings. The van der Waals surface area contributed by atoms with Gasteiger partial charge in [-0.3, -0.25) is 4.99 Å². The molecule has 0 bridgehead atoms. The Bertz CT molecular complexity index is 474. The van der Waals surface area contributed by atoms with Crippen LogP contribution in [0.1, 0.15) is 26.7 Å². The molecule has 6 nitrogen and oxygen atoms in total. The highest BCUT2D eigenvalue weighted by Gasteiger charge is 2.03. The van der Waals surface area contributed by atoms with Crippen molar-refractivity contribution < 1.29 is 9.47 Å². The topological polar surface area (TPSA) is 58.1 Å². The van der Waals surface area contributed by atoms with Crippen molar-refractivity contribution >= 4 is 35.6 Å². The van der Waals surface area contributed by atoms with Crippen LogP contribution in [0.25, 0.3) is 0 Å². The number of para-hydroxylation sites is 1. The van der Waals surface area contributed by atoms with Gasteiger partial charge in [0.15, 0.2) is 5.96 Å². The lowest BCUT2D eigenvalue weighted by Gasteiger charge is -2.22. The zero-order valence-corrected chi connectivity index (χ0v) is 19.4. The Morgan fingerprint density at radius 2 is 1.81 bits per heavy atom. The highest BCUT2D eigenvalue weighted by molar-refractivity contribution is 14.0. The smallest absolute Gasteiger partial charge is 0.191 e. The Balaban J connectivity index is 0.00000676. The molecule has 7 heteroatoms. The number of rotatable bonds is 14. The quantitative estimate of drug-likeness (QED) is 0.181. The summed E-state index contributed by atoms with van der Waals surface area (Å²) in [6, 6.07) is 10.5. The first-order valence-corrected chi connectivity index (χ1v) is 9.70. The Morgan fingerprint density at radius 3 is 2.48 bits per heavy atom. The minimum Gasteiger partial charge on any atom is -0.382 e. The zero-order chi connectivity index (χ0) is 18.9. The Hall–Kier alpha value is -1.06. The maximum absolute atomic E-state index is 5.46. The van der Waals surface area contributed by atoms with Crippen molar-refractivity contribution in [2.75, 3.05) is 64.6 Å². The van der Waals surface area contributed by atoms with Gasteiger partial charge in [-0.1, -0.05) is 18.2 Å². The van der Waals surface area contributed by atoms with E-state index in [-0.39, 0.29) is 24.0 Å². The van der Waals surface area contributed by atoms with Crippen LogP contribution in [0.15, 0.2) is 35.3 Å². The van der Waals surface area contributed by atoms with Crippen LogP contribution in [-0.2, 0) is 9.47 Å². The fourth-order valence-corrected chi connectivity index (χ4v) is 2.53. The van der Waals surface area contributed by atoms with Crippen molar-refractivity contribution in [3.8, 4) is 0 Å². The predicted octanol–water partition coefficient (Wildman–Crippen LogP) is 3.13. The Labute approximate surface area is 182 Å². The molecule has 0 fully saturated rings. The van der Waals surface area contributed by atoms with E-state index in [1.165, 1.54) is 5.69 Å². The number of guanidine groups is 1. The molecule has 1 rings (SSSR count). The summed E-state index contributed by atoms with van der Waals surface area (Å²) in [5.74, 6) is 0.882. The summed E-state index contributed by atoms with van der Waals surface area (Å²) in [5.41, 5.74) is 1.28. The summed E-state index contributed by atoms with van der Waals surface area (Å²) in [7, 11) is 1.68. The fraction of sp³-hybridized carbons (Fsp3) is 0.650. The third-order valence-electron chi connectivity index (χ3n) is 3.89. The first-order chi connectivity index (χ1) is 12.8. The standard InChI is InChI=1S/C20H36N4O2.HI/c1-4-21-20(23-14-10-16-26-18-17-25-3)22-13-9-15-24(5-2)19-11-7-6-8-12-19;/h6-8,11-12H,4-5,9-10,13-18H2,1-3H3,(H2,21,22,23);1H. The van der Waals surface area contributed by atoms with Crippen LogP contribution in [0.2, 0.25) is 0 Å². The SMILES string of the molecule is CCNC(=NCCCN(CC)c1ccccc1)NCCCOCCOC.I. The number of hydrogen-bond acceptors (Lipinski definition) is 4. The maximum Gasteiger partial charge on any atom is 0.191 e. The van der Waals surface area contributed by atoms with E-state index >= 15 is 0 Å². The van der Waals surface area contributed by atoms with Gasteiger partial charge in [-0.15, -0.1) is 24.0 Å². The largest absolute Gasteiger partial charge is 0.382 e. The van der Waals surface area contributed by atoms with Crippen molar-refractivity contribution in [1.29, 1.82) is 0 Å². The van der Waals surface area contributed by atoms with E-state index in [4.69, 9.17) is 9.47 Å². The summed E-state index contributed by atoms with van der Waals surface area (Å²) in [5, 5.41) is 6.65. The lowest BCUT2D eigenvalue weighted by molar-refractivity contribution is 0.0698. The van der Waals surface area contributed by atoms with Gasteiger partial charge in [-0.05, 0) is 38.8 Å². The first kappa shape index (κ1) is 25.9. The van der Waals surface area contributed by atoms with Gasteiger partial charge in [-0.25, -0.2) is 0 Å². The minimum absolute atomic E-state index is 0. The normalized spacial score (nSPS) is 11.0. The maximum atomic E-state index is 5.46. The van der Waals surface area contributed by atoms with E-state index in [2.05, 4.69) is 64.7 Å². The van der Waals surface area contributed by atoms with Crippen LogP contribution < -0.4 is 15.5 Å². The number of aliphatic imine (C=N–C) groups is 1. The van der Waals surface area contributed by atoms with Crippen molar-refractivity contribution in [1.82, 2.24) is 10.6 Å². The molecule has 156 valence electrons. The van der Waals surface area contributed by atoms with Crippen LogP contribution in [0, 0.1) is 0 Å². The molecule has 0 aliphatic rings. The van der Waals surface area contributed by atoms with Gasteiger partial charge in [0.25, 0.3) is 0 Å². The molecule has 0 atom stereocenters. The highest BCUT2D eigenvalue weighted by atomic mass is 127. The number of hydrogen-bond donors (Lipinski definition) is 2. The van der Waals surface area contributed by atoms with Crippen LogP contribution >= 0.6 is 24.0 Å².